The van der Waals surface area contributed by atoms with Gasteiger partial charge in [0.05, 0.1) is 11.0 Å². The zero-order valence-electron chi connectivity index (χ0n) is 32.5. The van der Waals surface area contributed by atoms with Crippen molar-refractivity contribution >= 4 is 75.4 Å². The predicted molar refractivity (Wildman–Crippen MR) is 200 cm³/mol. The molecule has 0 heteroatoms. The predicted octanol–water partition coefficient (Wildman–Crippen LogP) is 13.1. The van der Waals surface area contributed by atoms with Crippen molar-refractivity contribution in [2.45, 2.75) is 0 Å². The van der Waals surface area contributed by atoms with Crippen molar-refractivity contribution in [2.24, 2.45) is 0 Å². The van der Waals surface area contributed by atoms with E-state index in [1.54, 1.807) is 0 Å². The standard InChI is InChI=1S/C46H28/c1-3-13-34-29(11-1)21-23-31-27-32(25-26-35(31)34)45-39-17-7-9-19-41(39)46(42-20-10-8-18-40(42)45)43-28-33-24-22-30-12-2-4-14-36(30)44(33)38-16-6-5-15-37(38)43/h1-28H/i7D,8D,9D,10D,17D,18D,19D,20D. The average molecular weight is 589 g/mol. The fraction of sp³-hybridized carbons (Fsp3) is 0. The van der Waals surface area contributed by atoms with Gasteiger partial charge in [-0.15, -0.1) is 0 Å². The first-order chi connectivity index (χ1) is 26.2. The lowest BCUT2D eigenvalue weighted by atomic mass is 9.83. The topological polar surface area (TPSA) is 0 Å². The molecule has 0 unspecified atom stereocenters. The van der Waals surface area contributed by atoms with E-state index in [1.807, 2.05) is 97.1 Å². The van der Waals surface area contributed by atoms with Gasteiger partial charge in [-0.1, -0.05) is 158 Å². The van der Waals surface area contributed by atoms with Gasteiger partial charge in [-0.05, 0) is 110 Å². The number of hydrogen-bond acceptors (Lipinski definition) is 0. The van der Waals surface area contributed by atoms with Gasteiger partial charge in [0.1, 0.15) is 0 Å². The molecule has 0 fully saturated rings. The molecule has 0 aliphatic rings. The van der Waals surface area contributed by atoms with Crippen molar-refractivity contribution in [1.82, 2.24) is 0 Å². The monoisotopic (exact) mass is 588 g/mol. The number of hydrogen-bond donors (Lipinski definition) is 0. The molecular formula is C46H28. The molecule has 0 amide bonds. The Kier molecular flexibility index (Phi) is 3.98. The molecule has 0 atom stereocenters. The molecule has 0 heterocycles. The second-order valence-electron chi connectivity index (χ2n) is 11.8. The van der Waals surface area contributed by atoms with Gasteiger partial charge >= 0.3 is 0 Å². The molecule has 0 spiro atoms. The van der Waals surface area contributed by atoms with Gasteiger partial charge in [0.2, 0.25) is 0 Å². The number of fused-ring (bicyclic) bond motifs is 10. The minimum absolute atomic E-state index is 0.205. The van der Waals surface area contributed by atoms with E-state index in [9.17, 15) is 5.48 Å². The molecule has 0 saturated heterocycles. The van der Waals surface area contributed by atoms with Crippen molar-refractivity contribution < 1.29 is 11.0 Å². The third kappa shape index (κ3) is 3.62. The van der Waals surface area contributed by atoms with E-state index in [-0.39, 0.29) is 45.7 Å². The molecule has 0 N–H and O–H groups in total. The van der Waals surface area contributed by atoms with Crippen LogP contribution in [-0.4, -0.2) is 0 Å². The molecule has 0 saturated carbocycles. The van der Waals surface area contributed by atoms with Crippen molar-refractivity contribution in [3.8, 4) is 22.3 Å². The van der Waals surface area contributed by atoms with Gasteiger partial charge in [0.15, 0.2) is 0 Å². The third-order valence-electron chi connectivity index (χ3n) is 9.43. The fourth-order valence-corrected chi connectivity index (χ4v) is 7.44. The van der Waals surface area contributed by atoms with Crippen molar-refractivity contribution in [1.29, 1.82) is 0 Å². The molecule has 0 radical (unpaired) electrons. The van der Waals surface area contributed by atoms with E-state index >= 15 is 0 Å². The Morgan fingerprint density at radius 1 is 0.326 bits per heavy atom. The summed E-state index contributed by atoms with van der Waals surface area (Å²) in [6.45, 7) is 0. The lowest BCUT2D eigenvalue weighted by Gasteiger charge is -2.20. The Labute approximate surface area is 278 Å². The summed E-state index contributed by atoms with van der Waals surface area (Å²) in [7, 11) is 0. The van der Waals surface area contributed by atoms with Crippen LogP contribution >= 0.6 is 0 Å². The van der Waals surface area contributed by atoms with E-state index in [1.165, 1.54) is 0 Å². The maximum absolute atomic E-state index is 9.49. The molecule has 46 heavy (non-hydrogen) atoms. The molecular weight excluding hydrogens is 553 g/mol. The highest BCUT2D eigenvalue weighted by Gasteiger charge is 2.19. The highest BCUT2D eigenvalue weighted by atomic mass is 14.2. The van der Waals surface area contributed by atoms with Gasteiger partial charge in [-0.3, -0.25) is 0 Å². The summed E-state index contributed by atoms with van der Waals surface area (Å²) >= 11 is 0. The SMILES string of the molecule is [2H]c1c([2H])c([2H])c2c(-c3cc4ccc5ccccc5c4c4ccccc34)c3c([2H])c([2H])c([2H])c([2H])c3c(-c3ccc4c(ccc5ccccc54)c3)c2c1[2H]. The van der Waals surface area contributed by atoms with Gasteiger partial charge in [-0.25, -0.2) is 0 Å². The van der Waals surface area contributed by atoms with E-state index in [0.717, 1.165) is 53.9 Å². The zero-order valence-corrected chi connectivity index (χ0v) is 24.5. The minimum atomic E-state index is -0.416. The summed E-state index contributed by atoms with van der Waals surface area (Å²) < 4.78 is 73.4. The van der Waals surface area contributed by atoms with Crippen molar-refractivity contribution in [3.63, 3.8) is 0 Å². The van der Waals surface area contributed by atoms with Crippen LogP contribution in [0.25, 0.3) is 97.7 Å². The molecule has 10 rings (SSSR count). The van der Waals surface area contributed by atoms with E-state index in [2.05, 4.69) is 24.3 Å². The number of rotatable bonds is 2. The fourth-order valence-electron chi connectivity index (χ4n) is 7.44. The summed E-state index contributed by atoms with van der Waals surface area (Å²) in [6, 6.07) is 37.4. The second-order valence-corrected chi connectivity index (χ2v) is 11.8. The quantitative estimate of drug-likeness (QED) is 0.139. The van der Waals surface area contributed by atoms with Crippen LogP contribution in [0.2, 0.25) is 0 Å². The molecule has 0 nitrogen and oxygen atoms in total. The van der Waals surface area contributed by atoms with Crippen molar-refractivity contribution in [2.75, 3.05) is 0 Å². The van der Waals surface area contributed by atoms with Gasteiger partial charge in [0.25, 0.3) is 0 Å². The van der Waals surface area contributed by atoms with Gasteiger partial charge < -0.3 is 0 Å². The summed E-state index contributed by atoms with van der Waals surface area (Å²) in [5.74, 6) is 0. The summed E-state index contributed by atoms with van der Waals surface area (Å²) in [5, 5.41) is 10.7. The van der Waals surface area contributed by atoms with E-state index in [4.69, 9.17) is 5.48 Å². The average Bonchev–Trinajstić information content (AvgIpc) is 3.21. The number of benzene rings is 10. The molecule has 0 aliphatic carbocycles. The Hall–Kier alpha value is -5.98. The molecule has 0 aromatic heterocycles. The summed E-state index contributed by atoms with van der Waals surface area (Å²) in [6.07, 6.45) is 0. The largest absolute Gasteiger partial charge is 0.0629 e. The molecule has 0 aliphatic heterocycles. The van der Waals surface area contributed by atoms with Crippen LogP contribution in [-0.2, 0) is 0 Å². The zero-order chi connectivity index (χ0) is 37.2. The molecule has 10 aromatic rings. The summed E-state index contributed by atoms with van der Waals surface area (Å²) in [4.78, 5) is 0. The Bertz CT molecular complexity index is 3230. The first-order valence-electron chi connectivity index (χ1n) is 19.4. The maximum atomic E-state index is 9.49. The van der Waals surface area contributed by atoms with E-state index in [0.29, 0.717) is 22.3 Å². The Balaban J connectivity index is 1.46. The Morgan fingerprint density at radius 2 is 0.826 bits per heavy atom. The van der Waals surface area contributed by atoms with Crippen LogP contribution in [0.3, 0.4) is 0 Å². The maximum Gasteiger partial charge on any atom is 0.0629 e. The van der Waals surface area contributed by atoms with Crippen LogP contribution in [0.15, 0.2) is 170 Å². The van der Waals surface area contributed by atoms with Crippen LogP contribution < -0.4 is 0 Å². The lowest BCUT2D eigenvalue weighted by Crippen LogP contribution is -1.92. The van der Waals surface area contributed by atoms with Crippen LogP contribution in [0.5, 0.6) is 0 Å². The Morgan fingerprint density at radius 3 is 1.52 bits per heavy atom. The molecule has 10 aromatic carbocycles. The van der Waals surface area contributed by atoms with Crippen LogP contribution in [0.4, 0.5) is 0 Å². The first-order valence-corrected chi connectivity index (χ1v) is 15.4. The molecule has 212 valence electrons. The minimum Gasteiger partial charge on any atom is -0.0616 e. The summed E-state index contributed by atoms with van der Waals surface area (Å²) in [5.41, 5.74) is 1.90. The van der Waals surface area contributed by atoms with Gasteiger partial charge in [-0.2, -0.15) is 0 Å². The lowest BCUT2D eigenvalue weighted by molar-refractivity contribution is 1.69. The van der Waals surface area contributed by atoms with Gasteiger partial charge in [0, 0.05) is 0 Å². The van der Waals surface area contributed by atoms with Crippen LogP contribution in [0, 0.1) is 0 Å². The molecule has 0 bridgehead atoms. The third-order valence-corrected chi connectivity index (χ3v) is 9.43. The van der Waals surface area contributed by atoms with Crippen molar-refractivity contribution in [3.05, 3.63) is 170 Å². The highest BCUT2D eigenvalue weighted by molar-refractivity contribution is 6.28. The van der Waals surface area contributed by atoms with Crippen LogP contribution in [0.1, 0.15) is 11.0 Å². The smallest absolute Gasteiger partial charge is 0.0616 e. The normalized spacial score (nSPS) is 14.3. The second kappa shape index (κ2) is 9.76. The first kappa shape index (κ1) is 18.7. The van der Waals surface area contributed by atoms with E-state index < -0.39 is 24.2 Å². The highest BCUT2D eigenvalue weighted by Crippen LogP contribution is 2.47.